The van der Waals surface area contributed by atoms with E-state index in [1.165, 1.54) is 32.1 Å². The van der Waals surface area contributed by atoms with E-state index in [-0.39, 0.29) is 5.91 Å². The van der Waals surface area contributed by atoms with Gasteiger partial charge in [0.25, 0.3) is 5.91 Å². The molecule has 2 fully saturated rings. The van der Waals surface area contributed by atoms with Crippen molar-refractivity contribution in [3.8, 4) is 0 Å². The lowest BCUT2D eigenvalue weighted by Gasteiger charge is -2.33. The molecule has 0 aromatic carbocycles. The molecule has 0 bridgehead atoms. The molecule has 1 saturated carbocycles. The van der Waals surface area contributed by atoms with Crippen molar-refractivity contribution in [1.82, 2.24) is 4.90 Å². The summed E-state index contributed by atoms with van der Waals surface area (Å²) in [6.45, 7) is 0.887. The van der Waals surface area contributed by atoms with Crippen LogP contribution in [-0.4, -0.2) is 23.4 Å². The molecule has 3 rings (SSSR count). The first kappa shape index (κ1) is 13.2. The number of rotatable bonds is 2. The van der Waals surface area contributed by atoms with Crippen LogP contribution >= 0.6 is 15.9 Å². The van der Waals surface area contributed by atoms with E-state index in [9.17, 15) is 4.79 Å². The standard InChI is InChI=1S/C15H20BrNO2/c16-14-9-8-13(19-14)15(18)17-10-4-7-12(17)11-5-2-1-3-6-11/h8-9,11-12H,1-7,10H2. The van der Waals surface area contributed by atoms with Crippen LogP contribution in [0.3, 0.4) is 0 Å². The molecule has 1 aliphatic heterocycles. The number of furan rings is 1. The molecule has 19 heavy (non-hydrogen) atoms. The Morgan fingerprint density at radius 3 is 2.63 bits per heavy atom. The minimum Gasteiger partial charge on any atom is -0.444 e. The maximum atomic E-state index is 12.5. The number of hydrogen-bond acceptors (Lipinski definition) is 2. The normalized spacial score (nSPS) is 24.9. The molecule has 1 saturated heterocycles. The van der Waals surface area contributed by atoms with Crippen molar-refractivity contribution >= 4 is 21.8 Å². The molecule has 0 N–H and O–H groups in total. The van der Waals surface area contributed by atoms with E-state index in [0.29, 0.717) is 22.4 Å². The molecule has 1 amide bonds. The maximum Gasteiger partial charge on any atom is 0.289 e. The highest BCUT2D eigenvalue weighted by molar-refractivity contribution is 9.10. The molecular weight excluding hydrogens is 306 g/mol. The highest BCUT2D eigenvalue weighted by Crippen LogP contribution is 2.35. The summed E-state index contributed by atoms with van der Waals surface area (Å²) in [5.41, 5.74) is 0. The Kier molecular flexibility index (Phi) is 3.96. The van der Waals surface area contributed by atoms with E-state index in [0.717, 1.165) is 19.4 Å². The van der Waals surface area contributed by atoms with Gasteiger partial charge in [0.2, 0.25) is 0 Å². The average molecular weight is 326 g/mol. The molecule has 1 atom stereocenters. The topological polar surface area (TPSA) is 33.5 Å². The van der Waals surface area contributed by atoms with Crippen molar-refractivity contribution in [2.75, 3.05) is 6.54 Å². The Morgan fingerprint density at radius 1 is 1.16 bits per heavy atom. The van der Waals surface area contributed by atoms with Crippen LogP contribution in [0.15, 0.2) is 21.2 Å². The van der Waals surface area contributed by atoms with Crippen LogP contribution in [0.25, 0.3) is 0 Å². The summed E-state index contributed by atoms with van der Waals surface area (Å²) < 4.78 is 6.05. The Balaban J connectivity index is 1.73. The summed E-state index contributed by atoms with van der Waals surface area (Å²) in [4.78, 5) is 14.6. The van der Waals surface area contributed by atoms with Crippen LogP contribution in [0.4, 0.5) is 0 Å². The zero-order chi connectivity index (χ0) is 13.2. The van der Waals surface area contributed by atoms with Crippen molar-refractivity contribution < 1.29 is 9.21 Å². The summed E-state index contributed by atoms with van der Waals surface area (Å²) in [6, 6.07) is 4.00. The predicted molar refractivity (Wildman–Crippen MR) is 77.0 cm³/mol. The Hall–Kier alpha value is -0.770. The molecule has 1 aromatic rings. The fraction of sp³-hybridized carbons (Fsp3) is 0.667. The molecule has 104 valence electrons. The van der Waals surface area contributed by atoms with Crippen molar-refractivity contribution in [2.45, 2.75) is 51.0 Å². The van der Waals surface area contributed by atoms with Crippen molar-refractivity contribution in [1.29, 1.82) is 0 Å². The second kappa shape index (κ2) is 5.70. The van der Waals surface area contributed by atoms with Crippen LogP contribution in [-0.2, 0) is 0 Å². The molecule has 2 aliphatic rings. The third kappa shape index (κ3) is 2.73. The van der Waals surface area contributed by atoms with E-state index in [4.69, 9.17) is 4.42 Å². The maximum absolute atomic E-state index is 12.5. The first-order valence-electron chi connectivity index (χ1n) is 7.32. The third-order valence-corrected chi connectivity index (χ3v) is 4.96. The van der Waals surface area contributed by atoms with Gasteiger partial charge in [0.15, 0.2) is 10.4 Å². The van der Waals surface area contributed by atoms with Gasteiger partial charge in [-0.2, -0.15) is 0 Å². The van der Waals surface area contributed by atoms with Gasteiger partial charge in [-0.15, -0.1) is 0 Å². The average Bonchev–Trinajstić information content (AvgIpc) is 3.07. The van der Waals surface area contributed by atoms with Crippen LogP contribution in [0.2, 0.25) is 0 Å². The summed E-state index contributed by atoms with van der Waals surface area (Å²) in [7, 11) is 0. The van der Waals surface area contributed by atoms with Crippen molar-refractivity contribution in [3.05, 3.63) is 22.6 Å². The van der Waals surface area contributed by atoms with Crippen LogP contribution in [0.5, 0.6) is 0 Å². The van der Waals surface area contributed by atoms with E-state index >= 15 is 0 Å². The zero-order valence-corrected chi connectivity index (χ0v) is 12.7. The Morgan fingerprint density at radius 2 is 1.95 bits per heavy atom. The smallest absolute Gasteiger partial charge is 0.289 e. The Labute approximate surface area is 122 Å². The SMILES string of the molecule is O=C(c1ccc(Br)o1)N1CCCC1C1CCCCC1. The summed E-state index contributed by atoms with van der Waals surface area (Å²) in [5.74, 6) is 1.24. The second-order valence-corrected chi connectivity index (χ2v) is 6.49. The zero-order valence-electron chi connectivity index (χ0n) is 11.1. The van der Waals surface area contributed by atoms with Gasteiger partial charge in [-0.25, -0.2) is 0 Å². The number of hydrogen-bond donors (Lipinski definition) is 0. The lowest BCUT2D eigenvalue weighted by Crippen LogP contribution is -2.40. The molecular formula is C15H20BrNO2. The minimum atomic E-state index is 0.0683. The van der Waals surface area contributed by atoms with E-state index in [1.807, 2.05) is 0 Å². The van der Waals surface area contributed by atoms with Crippen LogP contribution in [0.1, 0.15) is 55.5 Å². The minimum absolute atomic E-state index is 0.0683. The number of halogens is 1. The quantitative estimate of drug-likeness (QED) is 0.815. The van der Waals surface area contributed by atoms with Crippen molar-refractivity contribution in [3.63, 3.8) is 0 Å². The third-order valence-electron chi connectivity index (χ3n) is 4.54. The second-order valence-electron chi connectivity index (χ2n) is 5.71. The largest absolute Gasteiger partial charge is 0.444 e. The highest BCUT2D eigenvalue weighted by atomic mass is 79.9. The first-order chi connectivity index (χ1) is 9.25. The fourth-order valence-corrected chi connectivity index (χ4v) is 3.93. The van der Waals surface area contributed by atoms with Gasteiger partial charge in [-0.05, 0) is 59.7 Å². The van der Waals surface area contributed by atoms with Crippen molar-refractivity contribution in [2.24, 2.45) is 5.92 Å². The van der Waals surface area contributed by atoms with Gasteiger partial charge in [0, 0.05) is 12.6 Å². The molecule has 1 aromatic heterocycles. The van der Waals surface area contributed by atoms with Gasteiger partial charge in [-0.3, -0.25) is 4.79 Å². The first-order valence-corrected chi connectivity index (χ1v) is 8.11. The predicted octanol–water partition coefficient (Wildman–Crippen LogP) is 4.23. The van der Waals surface area contributed by atoms with E-state index in [1.54, 1.807) is 12.1 Å². The van der Waals surface area contributed by atoms with Crippen LogP contribution < -0.4 is 0 Å². The molecule has 3 nitrogen and oxygen atoms in total. The van der Waals surface area contributed by atoms with Gasteiger partial charge >= 0.3 is 0 Å². The number of carbonyl (C=O) groups is 1. The molecule has 0 radical (unpaired) electrons. The van der Waals surface area contributed by atoms with E-state index < -0.39 is 0 Å². The molecule has 1 unspecified atom stereocenters. The molecule has 2 heterocycles. The summed E-state index contributed by atoms with van der Waals surface area (Å²) in [5, 5.41) is 0. The van der Waals surface area contributed by atoms with Gasteiger partial charge < -0.3 is 9.32 Å². The monoisotopic (exact) mass is 325 g/mol. The summed E-state index contributed by atoms with van der Waals surface area (Å²) in [6.07, 6.45) is 8.90. The Bertz CT molecular complexity index is 451. The van der Waals surface area contributed by atoms with E-state index in [2.05, 4.69) is 20.8 Å². The van der Waals surface area contributed by atoms with Crippen LogP contribution in [0, 0.1) is 5.92 Å². The fourth-order valence-electron chi connectivity index (χ4n) is 3.62. The van der Waals surface area contributed by atoms with Gasteiger partial charge in [-0.1, -0.05) is 19.3 Å². The summed E-state index contributed by atoms with van der Waals surface area (Å²) >= 11 is 3.26. The molecule has 1 aliphatic carbocycles. The van der Waals surface area contributed by atoms with Gasteiger partial charge in [0.1, 0.15) is 0 Å². The number of likely N-dealkylation sites (tertiary alicyclic amines) is 1. The molecule has 0 spiro atoms. The highest BCUT2D eigenvalue weighted by Gasteiger charge is 2.36. The number of nitrogens with zero attached hydrogens (tertiary/aromatic N) is 1. The van der Waals surface area contributed by atoms with Gasteiger partial charge in [0.05, 0.1) is 0 Å². The number of amides is 1. The number of carbonyl (C=O) groups excluding carboxylic acids is 1. The molecule has 4 heteroatoms. The lowest BCUT2D eigenvalue weighted by molar-refractivity contribution is 0.0628. The lowest BCUT2D eigenvalue weighted by atomic mass is 9.83.